The minimum Gasteiger partial charge on any atom is -0.369 e. The fourth-order valence-corrected chi connectivity index (χ4v) is 3.99. The largest absolute Gasteiger partial charge is 0.369 e. The van der Waals surface area contributed by atoms with E-state index in [4.69, 9.17) is 0 Å². The van der Waals surface area contributed by atoms with E-state index in [0.717, 1.165) is 44.0 Å². The Labute approximate surface area is 180 Å². The first-order chi connectivity index (χ1) is 14.4. The number of carbonyl (C=O) groups excluding carboxylic acids is 2. The molecule has 1 saturated heterocycles. The van der Waals surface area contributed by atoms with Gasteiger partial charge in [0, 0.05) is 63.4 Å². The van der Waals surface area contributed by atoms with Crippen molar-refractivity contribution in [1.82, 2.24) is 15.1 Å². The number of nitrogens with zero attached hydrogens (tertiary/aromatic N) is 3. The third kappa shape index (κ3) is 6.69. The maximum absolute atomic E-state index is 14.0. The third-order valence-corrected chi connectivity index (χ3v) is 5.90. The summed E-state index contributed by atoms with van der Waals surface area (Å²) in [5, 5.41) is 2.99. The van der Waals surface area contributed by atoms with Gasteiger partial charge < -0.3 is 20.0 Å². The van der Waals surface area contributed by atoms with Gasteiger partial charge in [-0.05, 0) is 51.9 Å². The number of rotatable bonds is 10. The molecule has 1 atom stereocenters. The van der Waals surface area contributed by atoms with Crippen LogP contribution in [0, 0.1) is 5.82 Å². The molecule has 168 valence electrons. The van der Waals surface area contributed by atoms with Gasteiger partial charge in [-0.25, -0.2) is 4.39 Å². The first-order valence-corrected chi connectivity index (χ1v) is 11.2. The zero-order chi connectivity index (χ0) is 22.1. The Morgan fingerprint density at radius 1 is 1.10 bits per heavy atom. The molecule has 1 aromatic carbocycles. The summed E-state index contributed by atoms with van der Waals surface area (Å²) >= 11 is 0. The van der Waals surface area contributed by atoms with Crippen LogP contribution in [0.3, 0.4) is 0 Å². The summed E-state index contributed by atoms with van der Waals surface area (Å²) in [6, 6.07) is 4.53. The Balaban J connectivity index is 1.94. The fraction of sp³-hybridized carbons (Fsp3) is 0.652. The van der Waals surface area contributed by atoms with Crippen molar-refractivity contribution in [2.75, 3.05) is 50.7 Å². The van der Waals surface area contributed by atoms with Crippen molar-refractivity contribution < 1.29 is 14.0 Å². The van der Waals surface area contributed by atoms with Crippen molar-refractivity contribution in [2.24, 2.45) is 0 Å². The molecule has 30 heavy (non-hydrogen) atoms. The number of anilines is 1. The van der Waals surface area contributed by atoms with Crippen LogP contribution in [0.15, 0.2) is 18.2 Å². The van der Waals surface area contributed by atoms with E-state index in [-0.39, 0.29) is 30.1 Å². The van der Waals surface area contributed by atoms with Crippen LogP contribution in [0.1, 0.15) is 58.6 Å². The minimum absolute atomic E-state index is 0.0829. The van der Waals surface area contributed by atoms with Crippen LogP contribution in [0.5, 0.6) is 0 Å². The molecule has 1 aliphatic rings. The number of nitrogens with one attached hydrogen (secondary N) is 1. The van der Waals surface area contributed by atoms with Crippen molar-refractivity contribution >= 4 is 17.5 Å². The Hall–Kier alpha value is -2.15. The molecule has 7 heteroatoms. The van der Waals surface area contributed by atoms with Gasteiger partial charge in [-0.3, -0.25) is 9.59 Å². The topological polar surface area (TPSA) is 55.9 Å². The van der Waals surface area contributed by atoms with Crippen molar-refractivity contribution in [2.45, 2.75) is 53.0 Å². The summed E-state index contributed by atoms with van der Waals surface area (Å²) in [5.41, 5.74) is 1.78. The molecule has 1 N–H and O–H groups in total. The molecule has 1 fully saturated rings. The molecule has 0 aliphatic carbocycles. The van der Waals surface area contributed by atoms with E-state index in [0.29, 0.717) is 25.9 Å². The van der Waals surface area contributed by atoms with Gasteiger partial charge in [0.2, 0.25) is 11.8 Å². The maximum Gasteiger partial charge on any atom is 0.222 e. The van der Waals surface area contributed by atoms with E-state index >= 15 is 0 Å². The molecule has 1 unspecified atom stereocenters. The lowest BCUT2D eigenvalue weighted by molar-refractivity contribution is -0.131. The summed E-state index contributed by atoms with van der Waals surface area (Å²) in [5.74, 6) is -0.327. The van der Waals surface area contributed by atoms with Crippen LogP contribution >= 0.6 is 0 Å². The van der Waals surface area contributed by atoms with Crippen molar-refractivity contribution in [1.29, 1.82) is 0 Å². The molecule has 0 saturated carbocycles. The monoisotopic (exact) mass is 420 g/mol. The molecule has 1 aliphatic heterocycles. The number of piperazine rings is 1. The van der Waals surface area contributed by atoms with Gasteiger partial charge in [-0.15, -0.1) is 0 Å². The lowest BCUT2D eigenvalue weighted by atomic mass is 10.0. The molecule has 0 spiro atoms. The molecule has 0 radical (unpaired) electrons. The average Bonchev–Trinajstić information content (AvgIpc) is 2.74. The number of carbonyl (C=O) groups is 2. The SMILES string of the molecule is CCN1CCN(c2ccc(F)cc2C(C)NC(=O)CCCC(=O)N(CC)CC)CC1. The molecular weight excluding hydrogens is 383 g/mol. The fourth-order valence-electron chi connectivity index (χ4n) is 3.99. The number of halogens is 1. The predicted octanol–water partition coefficient (Wildman–Crippen LogP) is 3.18. The van der Waals surface area contributed by atoms with Crippen LogP contribution in [0.2, 0.25) is 0 Å². The normalized spacial score (nSPS) is 15.7. The molecule has 0 bridgehead atoms. The van der Waals surface area contributed by atoms with Gasteiger partial charge in [0.15, 0.2) is 0 Å². The second kappa shape index (κ2) is 11.9. The summed E-state index contributed by atoms with van der Waals surface area (Å²) in [7, 11) is 0. The van der Waals surface area contributed by atoms with Gasteiger partial charge in [-0.2, -0.15) is 0 Å². The Morgan fingerprint density at radius 3 is 2.37 bits per heavy atom. The predicted molar refractivity (Wildman–Crippen MR) is 119 cm³/mol. The van der Waals surface area contributed by atoms with Crippen molar-refractivity contribution in [3.63, 3.8) is 0 Å². The van der Waals surface area contributed by atoms with Gasteiger partial charge in [-0.1, -0.05) is 6.92 Å². The zero-order valence-corrected chi connectivity index (χ0v) is 18.9. The third-order valence-electron chi connectivity index (χ3n) is 5.90. The van der Waals surface area contributed by atoms with Gasteiger partial charge in [0.05, 0.1) is 6.04 Å². The highest BCUT2D eigenvalue weighted by Gasteiger charge is 2.22. The summed E-state index contributed by atoms with van der Waals surface area (Å²) in [6.07, 6.45) is 1.18. The Kier molecular flexibility index (Phi) is 9.56. The molecular formula is C23H37FN4O2. The lowest BCUT2D eigenvalue weighted by Gasteiger charge is -2.37. The van der Waals surface area contributed by atoms with Crippen molar-refractivity contribution in [3.8, 4) is 0 Å². The summed E-state index contributed by atoms with van der Waals surface area (Å²) in [6.45, 7) is 14.1. The first-order valence-electron chi connectivity index (χ1n) is 11.2. The van der Waals surface area contributed by atoms with Crippen molar-refractivity contribution in [3.05, 3.63) is 29.6 Å². The van der Waals surface area contributed by atoms with Gasteiger partial charge in [0.1, 0.15) is 5.82 Å². The van der Waals surface area contributed by atoms with E-state index in [1.165, 1.54) is 12.1 Å². The quantitative estimate of drug-likeness (QED) is 0.632. The average molecular weight is 421 g/mol. The molecule has 2 rings (SSSR count). The van der Waals surface area contributed by atoms with Crippen LogP contribution in [-0.2, 0) is 9.59 Å². The van der Waals surface area contributed by atoms with Gasteiger partial charge >= 0.3 is 0 Å². The second-order valence-corrected chi connectivity index (χ2v) is 7.83. The number of benzene rings is 1. The van der Waals surface area contributed by atoms with E-state index in [9.17, 15) is 14.0 Å². The highest BCUT2D eigenvalue weighted by atomic mass is 19.1. The first kappa shape index (κ1) is 24.1. The second-order valence-electron chi connectivity index (χ2n) is 7.83. The van der Waals surface area contributed by atoms with E-state index in [1.54, 1.807) is 4.90 Å². The number of hydrogen-bond acceptors (Lipinski definition) is 4. The van der Waals surface area contributed by atoms with E-state index in [1.807, 2.05) is 26.8 Å². The summed E-state index contributed by atoms with van der Waals surface area (Å²) < 4.78 is 14.0. The van der Waals surface area contributed by atoms with Crippen LogP contribution < -0.4 is 10.2 Å². The van der Waals surface area contributed by atoms with Crippen LogP contribution in [0.4, 0.5) is 10.1 Å². The lowest BCUT2D eigenvalue weighted by Crippen LogP contribution is -2.46. The standard InChI is InChI=1S/C23H37FN4O2/c1-5-26-13-15-28(16-14-26)21-12-11-19(24)17-20(21)18(4)25-22(29)9-8-10-23(30)27(6-2)7-3/h11-12,17-18H,5-10,13-16H2,1-4H3,(H,25,29). The molecule has 1 aromatic rings. The highest BCUT2D eigenvalue weighted by molar-refractivity contribution is 5.79. The maximum atomic E-state index is 14.0. The highest BCUT2D eigenvalue weighted by Crippen LogP contribution is 2.28. The zero-order valence-electron chi connectivity index (χ0n) is 18.9. The molecule has 1 heterocycles. The Morgan fingerprint density at radius 2 is 1.77 bits per heavy atom. The Bertz CT molecular complexity index is 700. The van der Waals surface area contributed by atoms with Gasteiger partial charge in [0.25, 0.3) is 0 Å². The minimum atomic E-state index is -0.300. The van der Waals surface area contributed by atoms with E-state index in [2.05, 4.69) is 22.0 Å². The number of likely N-dealkylation sites (N-methyl/N-ethyl adjacent to an activating group) is 1. The molecule has 0 aromatic heterocycles. The number of amides is 2. The number of hydrogen-bond donors (Lipinski definition) is 1. The van der Waals surface area contributed by atoms with E-state index < -0.39 is 0 Å². The summed E-state index contributed by atoms with van der Waals surface area (Å²) in [4.78, 5) is 30.9. The van der Waals surface area contributed by atoms with Crippen LogP contribution in [0.25, 0.3) is 0 Å². The smallest absolute Gasteiger partial charge is 0.222 e. The molecule has 2 amide bonds. The molecule has 6 nitrogen and oxygen atoms in total. The van der Waals surface area contributed by atoms with Crippen LogP contribution in [-0.4, -0.2) is 67.4 Å².